The van der Waals surface area contributed by atoms with Crippen LogP contribution in [-0.2, 0) is 15.6 Å². The quantitative estimate of drug-likeness (QED) is 0.843. The molecule has 0 saturated carbocycles. The van der Waals surface area contributed by atoms with E-state index in [0.717, 1.165) is 36.6 Å². The van der Waals surface area contributed by atoms with Crippen molar-refractivity contribution < 1.29 is 9.00 Å². The average Bonchev–Trinajstić information content (AvgIpc) is 2.81. The summed E-state index contributed by atoms with van der Waals surface area (Å²) in [5.74, 6) is 2.37. The Morgan fingerprint density at radius 2 is 2.25 bits per heavy atom. The van der Waals surface area contributed by atoms with Crippen LogP contribution in [0.25, 0.3) is 0 Å². The summed E-state index contributed by atoms with van der Waals surface area (Å²) in [5, 5.41) is 0. The van der Waals surface area contributed by atoms with Crippen LogP contribution in [0.2, 0.25) is 0 Å². The molecule has 1 aromatic rings. The molecule has 0 radical (unpaired) electrons. The molecule has 3 unspecified atom stereocenters. The first-order valence-corrected chi connectivity index (χ1v) is 9.45. The Morgan fingerprint density at radius 3 is 3.00 bits per heavy atom. The Bertz CT molecular complexity index is 546. The molecule has 2 aliphatic rings. The smallest absolute Gasteiger partial charge is 0.223 e. The molecule has 5 heteroatoms. The number of hydrogen-bond acceptors (Lipinski definition) is 3. The predicted octanol–water partition coefficient (Wildman–Crippen LogP) is 2.74. The standard InChI is InChI=1S/C15H19NO2S2/c1-11(17)16-10-12(13-5-2-3-6-14(13)16)9-15-19-7-4-8-20(15)18/h2-3,5-6,12,15H,4,7-10H2,1H3. The number of nitrogens with zero attached hydrogens (tertiary/aromatic N) is 1. The lowest BCUT2D eigenvalue weighted by Crippen LogP contribution is -2.29. The normalized spacial score (nSPS) is 29.2. The number of amides is 1. The molecule has 3 atom stereocenters. The molecule has 1 amide bonds. The van der Waals surface area contributed by atoms with Gasteiger partial charge in [-0.2, -0.15) is 0 Å². The van der Waals surface area contributed by atoms with Gasteiger partial charge in [0.15, 0.2) is 0 Å². The largest absolute Gasteiger partial charge is 0.312 e. The van der Waals surface area contributed by atoms with E-state index in [2.05, 4.69) is 6.07 Å². The van der Waals surface area contributed by atoms with Gasteiger partial charge in [-0.25, -0.2) is 0 Å². The first-order valence-electron chi connectivity index (χ1n) is 7.02. The highest BCUT2D eigenvalue weighted by Crippen LogP contribution is 2.41. The zero-order chi connectivity index (χ0) is 14.1. The summed E-state index contributed by atoms with van der Waals surface area (Å²) in [6, 6.07) is 8.13. The molecule has 2 aliphatic heterocycles. The minimum absolute atomic E-state index is 0.0948. The number of anilines is 1. The topological polar surface area (TPSA) is 37.4 Å². The summed E-state index contributed by atoms with van der Waals surface area (Å²) < 4.78 is 12.3. The maximum atomic E-state index is 12.1. The Kier molecular flexibility index (Phi) is 4.17. The van der Waals surface area contributed by atoms with Gasteiger partial charge < -0.3 is 4.90 Å². The van der Waals surface area contributed by atoms with Crippen molar-refractivity contribution in [3.05, 3.63) is 29.8 Å². The van der Waals surface area contributed by atoms with Crippen molar-refractivity contribution in [3.8, 4) is 0 Å². The van der Waals surface area contributed by atoms with Gasteiger partial charge in [0.05, 0.1) is 4.58 Å². The van der Waals surface area contributed by atoms with Crippen molar-refractivity contribution in [1.29, 1.82) is 0 Å². The highest BCUT2D eigenvalue weighted by atomic mass is 32.2. The van der Waals surface area contributed by atoms with Gasteiger partial charge in [0.2, 0.25) is 5.91 Å². The third-order valence-corrected chi connectivity index (χ3v) is 7.62. The summed E-state index contributed by atoms with van der Waals surface area (Å²) in [6.07, 6.45) is 1.98. The van der Waals surface area contributed by atoms with Crippen LogP contribution in [0.4, 0.5) is 5.69 Å². The summed E-state index contributed by atoms with van der Waals surface area (Å²) in [6.45, 7) is 2.36. The van der Waals surface area contributed by atoms with Crippen LogP contribution in [0, 0.1) is 0 Å². The summed E-state index contributed by atoms with van der Waals surface area (Å²) in [4.78, 5) is 13.6. The SMILES string of the molecule is CC(=O)N1CC(CC2SCCCS2=O)c2ccccc21. The molecule has 108 valence electrons. The lowest BCUT2D eigenvalue weighted by Gasteiger charge is -2.24. The fourth-order valence-corrected chi connectivity index (χ4v) is 6.47. The average molecular weight is 309 g/mol. The molecule has 1 saturated heterocycles. The highest BCUT2D eigenvalue weighted by molar-refractivity contribution is 8.11. The first kappa shape index (κ1) is 14.1. The Morgan fingerprint density at radius 1 is 1.45 bits per heavy atom. The van der Waals surface area contributed by atoms with E-state index in [1.165, 1.54) is 5.56 Å². The van der Waals surface area contributed by atoms with E-state index in [1.54, 1.807) is 6.92 Å². The van der Waals surface area contributed by atoms with Gasteiger partial charge in [-0.1, -0.05) is 18.2 Å². The number of hydrogen-bond donors (Lipinski definition) is 0. The molecule has 3 rings (SSSR count). The number of carbonyl (C=O) groups excluding carboxylic acids is 1. The van der Waals surface area contributed by atoms with Gasteiger partial charge in [-0.05, 0) is 30.2 Å². The molecule has 0 N–H and O–H groups in total. The van der Waals surface area contributed by atoms with Crippen molar-refractivity contribution in [2.75, 3.05) is 23.0 Å². The molecule has 1 fully saturated rings. The van der Waals surface area contributed by atoms with Crippen molar-refractivity contribution in [1.82, 2.24) is 0 Å². The van der Waals surface area contributed by atoms with Crippen LogP contribution < -0.4 is 4.90 Å². The number of rotatable bonds is 2. The van der Waals surface area contributed by atoms with E-state index < -0.39 is 10.8 Å². The van der Waals surface area contributed by atoms with E-state index in [4.69, 9.17) is 0 Å². The highest BCUT2D eigenvalue weighted by Gasteiger charge is 2.34. The second-order valence-electron chi connectivity index (χ2n) is 5.36. The van der Waals surface area contributed by atoms with Crippen LogP contribution in [0.3, 0.4) is 0 Å². The van der Waals surface area contributed by atoms with E-state index in [0.29, 0.717) is 5.92 Å². The molecule has 0 bridgehead atoms. The zero-order valence-electron chi connectivity index (χ0n) is 11.6. The van der Waals surface area contributed by atoms with Gasteiger partial charge in [0, 0.05) is 41.6 Å². The maximum Gasteiger partial charge on any atom is 0.223 e. The van der Waals surface area contributed by atoms with E-state index in [9.17, 15) is 9.00 Å². The number of thioether (sulfide) groups is 1. The second kappa shape index (κ2) is 5.90. The molecule has 2 heterocycles. The van der Waals surface area contributed by atoms with Crippen LogP contribution >= 0.6 is 11.8 Å². The fourth-order valence-electron chi connectivity index (χ4n) is 3.03. The number of fused-ring (bicyclic) bond motifs is 1. The van der Waals surface area contributed by atoms with Gasteiger partial charge in [-0.15, -0.1) is 11.8 Å². The van der Waals surface area contributed by atoms with Gasteiger partial charge in [0.25, 0.3) is 0 Å². The zero-order valence-corrected chi connectivity index (χ0v) is 13.2. The van der Waals surface area contributed by atoms with Crippen molar-refractivity contribution in [2.24, 2.45) is 0 Å². The minimum Gasteiger partial charge on any atom is -0.312 e. The van der Waals surface area contributed by atoms with Crippen molar-refractivity contribution in [2.45, 2.75) is 30.3 Å². The fraction of sp³-hybridized carbons (Fsp3) is 0.533. The summed E-state index contributed by atoms with van der Waals surface area (Å²) in [5.41, 5.74) is 2.28. The number of para-hydroxylation sites is 1. The molecular weight excluding hydrogens is 290 g/mol. The van der Waals surface area contributed by atoms with Crippen LogP contribution in [0.15, 0.2) is 24.3 Å². The van der Waals surface area contributed by atoms with Crippen LogP contribution in [-0.4, -0.2) is 32.7 Å². The van der Waals surface area contributed by atoms with E-state index >= 15 is 0 Å². The van der Waals surface area contributed by atoms with Crippen LogP contribution in [0.5, 0.6) is 0 Å². The molecule has 0 aromatic heterocycles. The Labute approximate surface area is 126 Å². The first-order chi connectivity index (χ1) is 9.66. The van der Waals surface area contributed by atoms with Gasteiger partial charge in [0.1, 0.15) is 0 Å². The monoisotopic (exact) mass is 309 g/mol. The van der Waals surface area contributed by atoms with Crippen molar-refractivity contribution in [3.63, 3.8) is 0 Å². The molecule has 1 aromatic carbocycles. The van der Waals surface area contributed by atoms with Gasteiger partial charge in [-0.3, -0.25) is 9.00 Å². The summed E-state index contributed by atoms with van der Waals surface area (Å²) in [7, 11) is -0.713. The molecule has 3 nitrogen and oxygen atoms in total. The minimum atomic E-state index is -0.713. The lowest BCUT2D eigenvalue weighted by molar-refractivity contribution is -0.116. The molecule has 20 heavy (non-hydrogen) atoms. The second-order valence-corrected chi connectivity index (χ2v) is 8.71. The van der Waals surface area contributed by atoms with Crippen molar-refractivity contribution >= 4 is 34.2 Å². The Balaban J connectivity index is 1.81. The van der Waals surface area contributed by atoms with Crippen LogP contribution in [0.1, 0.15) is 31.2 Å². The van der Waals surface area contributed by atoms with Gasteiger partial charge >= 0.3 is 0 Å². The number of benzene rings is 1. The number of carbonyl (C=O) groups is 1. The third-order valence-electron chi connectivity index (χ3n) is 4.01. The maximum absolute atomic E-state index is 12.1. The van der Waals surface area contributed by atoms with E-state index in [1.807, 2.05) is 34.9 Å². The molecule has 0 aliphatic carbocycles. The Hall–Kier alpha value is -0.810. The molecular formula is C15H19NO2S2. The third kappa shape index (κ3) is 2.66. The summed E-state index contributed by atoms with van der Waals surface area (Å²) >= 11 is 1.84. The lowest BCUT2D eigenvalue weighted by atomic mass is 9.99. The predicted molar refractivity (Wildman–Crippen MR) is 85.7 cm³/mol. The molecule has 0 spiro atoms. The van der Waals surface area contributed by atoms with E-state index in [-0.39, 0.29) is 10.5 Å².